The molecule has 0 bridgehead atoms. The molecule has 26 heavy (non-hydrogen) atoms. The molecule has 0 heterocycles. The number of hydrogen-bond acceptors (Lipinski definition) is 4. The summed E-state index contributed by atoms with van der Waals surface area (Å²) in [5.41, 5.74) is 1.87. The highest BCUT2D eigenvalue weighted by molar-refractivity contribution is 6.71. The van der Waals surface area contributed by atoms with Crippen molar-refractivity contribution in [3.63, 3.8) is 0 Å². The van der Waals surface area contributed by atoms with Gasteiger partial charge in [-0.1, -0.05) is 30.7 Å². The smallest absolute Gasteiger partial charge is 0.339 e. The number of ether oxygens (including phenoxy) is 1. The maximum Gasteiger partial charge on any atom is 0.339 e. The minimum Gasteiger partial charge on any atom is -0.516 e. The zero-order valence-corrected chi connectivity index (χ0v) is 17.9. The third-order valence-corrected chi connectivity index (χ3v) is 4.62. The molecule has 0 aromatic heterocycles. The monoisotopic (exact) mass is 376 g/mol. The summed E-state index contributed by atoms with van der Waals surface area (Å²) in [5, 5.41) is 0. The first-order valence-corrected chi connectivity index (χ1v) is 12.6. The van der Waals surface area contributed by atoms with Crippen molar-refractivity contribution in [3.05, 3.63) is 47.0 Å². The summed E-state index contributed by atoms with van der Waals surface area (Å²) in [4.78, 5) is 24.7. The van der Waals surface area contributed by atoms with E-state index in [9.17, 15) is 9.59 Å². The Kier molecular flexibility index (Phi) is 8.79. The molecule has 1 rings (SSSR count). The van der Waals surface area contributed by atoms with Crippen LogP contribution in [0.15, 0.2) is 35.9 Å². The lowest BCUT2D eigenvalue weighted by atomic mass is 10.0. The van der Waals surface area contributed by atoms with Gasteiger partial charge in [0.15, 0.2) is 0 Å². The van der Waals surface area contributed by atoms with Crippen LogP contribution in [0.3, 0.4) is 0 Å². The molecule has 0 fully saturated rings. The molecule has 5 heteroatoms. The number of hydrogen-bond donors (Lipinski definition) is 0. The van der Waals surface area contributed by atoms with E-state index in [1.165, 1.54) is 5.57 Å². The zero-order chi connectivity index (χ0) is 19.7. The van der Waals surface area contributed by atoms with Crippen LogP contribution in [0.1, 0.15) is 60.7 Å². The fourth-order valence-electron chi connectivity index (χ4n) is 2.40. The lowest BCUT2D eigenvalue weighted by Gasteiger charge is -2.18. The maximum atomic E-state index is 12.4. The van der Waals surface area contributed by atoms with Crippen LogP contribution in [0.5, 0.6) is 0 Å². The van der Waals surface area contributed by atoms with Gasteiger partial charge in [0.25, 0.3) is 0 Å². The highest BCUT2D eigenvalue weighted by atomic mass is 28.4. The maximum absolute atomic E-state index is 12.4. The average Bonchev–Trinajstić information content (AvgIpc) is 2.52. The van der Waals surface area contributed by atoms with Gasteiger partial charge in [-0.05, 0) is 70.8 Å². The van der Waals surface area contributed by atoms with Gasteiger partial charge in [-0.3, -0.25) is 0 Å². The van der Waals surface area contributed by atoms with Crippen LogP contribution >= 0.6 is 0 Å². The number of allylic oxidation sites excluding steroid dienone is 2. The summed E-state index contributed by atoms with van der Waals surface area (Å²) in [6, 6.07) is 6.68. The molecule has 1 aromatic carbocycles. The Labute approximate surface area is 158 Å². The highest BCUT2D eigenvalue weighted by Crippen LogP contribution is 2.16. The molecule has 0 radical (unpaired) electrons. The lowest BCUT2D eigenvalue weighted by Crippen LogP contribution is -2.30. The summed E-state index contributed by atoms with van der Waals surface area (Å²) < 4.78 is 10.9. The molecule has 0 aliphatic carbocycles. The van der Waals surface area contributed by atoms with Crippen molar-refractivity contribution in [3.8, 4) is 0 Å². The Morgan fingerprint density at radius 1 is 1.04 bits per heavy atom. The number of rotatable bonds is 9. The minimum absolute atomic E-state index is 0.271. The molecular weight excluding hydrogens is 344 g/mol. The minimum atomic E-state index is -2.03. The van der Waals surface area contributed by atoms with Gasteiger partial charge in [-0.25, -0.2) is 9.59 Å². The van der Waals surface area contributed by atoms with Gasteiger partial charge in [0, 0.05) is 0 Å². The van der Waals surface area contributed by atoms with Crippen molar-refractivity contribution >= 4 is 20.3 Å². The van der Waals surface area contributed by atoms with Crippen molar-refractivity contribution in [1.29, 1.82) is 0 Å². The molecule has 0 spiro atoms. The van der Waals surface area contributed by atoms with E-state index in [2.05, 4.69) is 26.8 Å². The molecule has 0 saturated heterocycles. The Bertz CT molecular complexity index is 640. The van der Waals surface area contributed by atoms with Crippen LogP contribution in [-0.2, 0) is 9.16 Å². The van der Waals surface area contributed by atoms with Crippen molar-refractivity contribution in [2.45, 2.75) is 59.7 Å². The standard InChI is InChI=1S/C21H32O4Si/c1-16(2)10-9-11-17(3)14-15-24-20(22)18-12-7-8-13-19(18)21(23)25-26(4,5)6/h7-8,10,12-13,17H,9,11,14-15H2,1-6H3. The first-order valence-electron chi connectivity index (χ1n) is 9.23. The molecule has 0 amide bonds. The SMILES string of the molecule is CC(C)=CCCC(C)CCOC(=O)c1ccccc1C(=O)O[Si](C)(C)C. The van der Waals surface area contributed by atoms with Gasteiger partial charge in [0.2, 0.25) is 8.32 Å². The van der Waals surface area contributed by atoms with Gasteiger partial charge in [0.05, 0.1) is 17.7 Å². The van der Waals surface area contributed by atoms with E-state index in [-0.39, 0.29) is 11.1 Å². The Hall–Kier alpha value is -1.88. The van der Waals surface area contributed by atoms with Crippen molar-refractivity contribution in [2.75, 3.05) is 6.61 Å². The van der Waals surface area contributed by atoms with Crippen LogP contribution < -0.4 is 0 Å². The summed E-state index contributed by atoms with van der Waals surface area (Å²) in [6.45, 7) is 12.5. The van der Waals surface area contributed by atoms with Crippen LogP contribution in [0, 0.1) is 5.92 Å². The zero-order valence-electron chi connectivity index (χ0n) is 16.9. The first-order chi connectivity index (χ1) is 12.1. The summed E-state index contributed by atoms with van der Waals surface area (Å²) in [5.74, 6) is -0.443. The van der Waals surface area contributed by atoms with E-state index in [1.54, 1.807) is 24.3 Å². The molecule has 0 N–H and O–H groups in total. The van der Waals surface area contributed by atoms with Gasteiger partial charge in [0.1, 0.15) is 0 Å². The second-order valence-corrected chi connectivity index (χ2v) is 12.4. The third kappa shape index (κ3) is 8.47. The highest BCUT2D eigenvalue weighted by Gasteiger charge is 2.25. The van der Waals surface area contributed by atoms with Gasteiger partial charge < -0.3 is 9.16 Å². The fourth-order valence-corrected chi connectivity index (χ4v) is 3.07. The largest absolute Gasteiger partial charge is 0.516 e. The Balaban J connectivity index is 2.60. The number of esters is 1. The van der Waals surface area contributed by atoms with Crippen molar-refractivity contribution in [2.24, 2.45) is 5.92 Å². The van der Waals surface area contributed by atoms with E-state index in [0.29, 0.717) is 12.5 Å². The fraction of sp³-hybridized carbons (Fsp3) is 0.524. The van der Waals surface area contributed by atoms with Crippen LogP contribution in [0.2, 0.25) is 19.6 Å². The molecule has 1 unspecified atom stereocenters. The van der Waals surface area contributed by atoms with Gasteiger partial charge >= 0.3 is 11.9 Å². The van der Waals surface area contributed by atoms with Gasteiger partial charge in [-0.2, -0.15) is 0 Å². The Morgan fingerprint density at radius 2 is 1.62 bits per heavy atom. The van der Waals surface area contributed by atoms with Crippen molar-refractivity contribution in [1.82, 2.24) is 0 Å². The first kappa shape index (κ1) is 22.2. The lowest BCUT2D eigenvalue weighted by molar-refractivity contribution is 0.0475. The van der Waals surface area contributed by atoms with Gasteiger partial charge in [-0.15, -0.1) is 0 Å². The summed E-state index contributed by atoms with van der Waals surface area (Å²) >= 11 is 0. The predicted octanol–water partition coefficient (Wildman–Crippen LogP) is 5.61. The quantitative estimate of drug-likeness (QED) is 0.319. The third-order valence-electron chi connectivity index (χ3n) is 3.82. The molecular formula is C21H32O4Si. The average molecular weight is 377 g/mol. The molecule has 1 atom stereocenters. The molecule has 4 nitrogen and oxygen atoms in total. The molecule has 1 aromatic rings. The predicted molar refractivity (Wildman–Crippen MR) is 108 cm³/mol. The number of carbonyl (C=O) groups is 2. The Morgan fingerprint density at radius 3 is 2.15 bits per heavy atom. The molecule has 0 saturated carbocycles. The van der Waals surface area contributed by atoms with Crippen LogP contribution in [-0.4, -0.2) is 26.9 Å². The van der Waals surface area contributed by atoms with Crippen molar-refractivity contribution < 1.29 is 18.8 Å². The molecule has 144 valence electrons. The summed E-state index contributed by atoms with van der Waals surface area (Å²) in [7, 11) is -2.03. The van der Waals surface area contributed by atoms with E-state index in [4.69, 9.17) is 9.16 Å². The second kappa shape index (κ2) is 10.3. The van der Waals surface area contributed by atoms with E-state index in [1.807, 2.05) is 19.6 Å². The molecule has 0 aliphatic heterocycles. The molecule has 0 aliphatic rings. The van der Waals surface area contributed by atoms with Crippen LogP contribution in [0.25, 0.3) is 0 Å². The van der Waals surface area contributed by atoms with Crippen LogP contribution in [0.4, 0.5) is 0 Å². The number of carbonyl (C=O) groups excluding carboxylic acids is 2. The second-order valence-electron chi connectivity index (χ2n) is 7.94. The van der Waals surface area contributed by atoms with E-state index in [0.717, 1.165) is 19.3 Å². The number of benzene rings is 1. The summed E-state index contributed by atoms with van der Waals surface area (Å²) in [6.07, 6.45) is 5.15. The topological polar surface area (TPSA) is 52.6 Å². The normalized spacial score (nSPS) is 12.2. The van der Waals surface area contributed by atoms with E-state index < -0.39 is 20.3 Å². The van der Waals surface area contributed by atoms with E-state index >= 15 is 0 Å².